The molecule has 6 rings (SSSR count). The van der Waals surface area contributed by atoms with E-state index in [9.17, 15) is 4.39 Å². The Morgan fingerprint density at radius 3 is 2.66 bits per heavy atom. The summed E-state index contributed by atoms with van der Waals surface area (Å²) in [6.07, 6.45) is 5.37. The number of hydrogen-bond acceptors (Lipinski definition) is 5. The third-order valence-electron chi connectivity index (χ3n) is 5.81. The molecule has 0 aliphatic carbocycles. The van der Waals surface area contributed by atoms with E-state index in [1.54, 1.807) is 12.3 Å². The summed E-state index contributed by atoms with van der Waals surface area (Å²) >= 11 is 0. The highest BCUT2D eigenvalue weighted by atomic mass is 19.1. The van der Waals surface area contributed by atoms with Gasteiger partial charge < -0.3 is 10.3 Å². The minimum Gasteiger partial charge on any atom is -0.382 e. The van der Waals surface area contributed by atoms with Crippen LogP contribution < -0.4 is 5.32 Å². The van der Waals surface area contributed by atoms with Crippen molar-refractivity contribution < 1.29 is 4.39 Å². The molecule has 172 valence electrons. The zero-order valence-corrected chi connectivity index (χ0v) is 19.2. The number of anilines is 1. The number of nitrogens with one attached hydrogen (secondary N) is 3. The van der Waals surface area contributed by atoms with Crippen LogP contribution in [0.25, 0.3) is 55.8 Å². The predicted molar refractivity (Wildman–Crippen MR) is 136 cm³/mol. The molecule has 4 aromatic heterocycles. The van der Waals surface area contributed by atoms with Crippen LogP contribution in [0, 0.1) is 5.82 Å². The largest absolute Gasteiger partial charge is 0.382 e. The zero-order chi connectivity index (χ0) is 23.9. The normalized spacial score (nSPS) is 11.5. The summed E-state index contributed by atoms with van der Waals surface area (Å²) in [5.74, 6) is 0.299. The average molecular weight is 464 g/mol. The number of halogens is 1. The lowest BCUT2D eigenvalue weighted by atomic mass is 10.0. The topological polar surface area (TPSA) is 95.2 Å². The lowest BCUT2D eigenvalue weighted by Gasteiger charge is -2.11. The molecule has 0 saturated heterocycles. The standard InChI is InChI=1S/C27H22FN7/c1-15(2)31-20-11-18(13-29-14-20)16-6-7-22-21(12-16)25(35-34-22)27-32-23-8-9-30-24(26(23)33-27)17-4-3-5-19(28)10-17/h3-15,31H,1-2H3,(H,32,33)(H,34,35). The first kappa shape index (κ1) is 21.0. The van der Waals surface area contributed by atoms with Crippen LogP contribution in [0.15, 0.2) is 73.2 Å². The number of aromatic amines is 2. The molecule has 0 fully saturated rings. The molecule has 6 aromatic rings. The maximum atomic E-state index is 13.8. The third-order valence-corrected chi connectivity index (χ3v) is 5.81. The first-order valence-electron chi connectivity index (χ1n) is 11.4. The van der Waals surface area contributed by atoms with Crippen LogP contribution in [0.3, 0.4) is 0 Å². The molecule has 0 spiro atoms. The Labute approximate surface area is 200 Å². The number of rotatable bonds is 5. The van der Waals surface area contributed by atoms with Crippen molar-refractivity contribution in [2.24, 2.45) is 0 Å². The lowest BCUT2D eigenvalue weighted by Crippen LogP contribution is -2.09. The van der Waals surface area contributed by atoms with Gasteiger partial charge in [-0.15, -0.1) is 0 Å². The molecule has 0 aliphatic heterocycles. The van der Waals surface area contributed by atoms with E-state index in [-0.39, 0.29) is 5.82 Å². The second-order valence-corrected chi connectivity index (χ2v) is 8.75. The van der Waals surface area contributed by atoms with Gasteiger partial charge in [0.1, 0.15) is 17.0 Å². The smallest absolute Gasteiger partial charge is 0.159 e. The quantitative estimate of drug-likeness (QED) is 0.283. The van der Waals surface area contributed by atoms with Crippen molar-refractivity contribution in [1.29, 1.82) is 0 Å². The molecule has 7 nitrogen and oxygen atoms in total. The average Bonchev–Trinajstić information content (AvgIpc) is 3.47. The lowest BCUT2D eigenvalue weighted by molar-refractivity contribution is 0.628. The van der Waals surface area contributed by atoms with Gasteiger partial charge in [0, 0.05) is 41.1 Å². The van der Waals surface area contributed by atoms with Crippen molar-refractivity contribution >= 4 is 27.6 Å². The summed E-state index contributed by atoms with van der Waals surface area (Å²) in [6.45, 7) is 4.19. The van der Waals surface area contributed by atoms with Gasteiger partial charge >= 0.3 is 0 Å². The minimum atomic E-state index is -0.315. The molecular formula is C27H22FN7. The summed E-state index contributed by atoms with van der Waals surface area (Å²) in [4.78, 5) is 17.0. The number of fused-ring (bicyclic) bond motifs is 2. The maximum absolute atomic E-state index is 13.8. The van der Waals surface area contributed by atoms with Gasteiger partial charge in [-0.25, -0.2) is 9.37 Å². The van der Waals surface area contributed by atoms with E-state index in [1.807, 2.05) is 36.7 Å². The Kier molecular flexibility index (Phi) is 4.99. The number of imidazole rings is 1. The van der Waals surface area contributed by atoms with Gasteiger partial charge in [-0.3, -0.25) is 15.1 Å². The monoisotopic (exact) mass is 463 g/mol. The van der Waals surface area contributed by atoms with Gasteiger partial charge in [0.05, 0.1) is 22.4 Å². The number of hydrogen-bond donors (Lipinski definition) is 3. The van der Waals surface area contributed by atoms with Crippen LogP contribution in [0.1, 0.15) is 13.8 Å². The highest BCUT2D eigenvalue weighted by molar-refractivity contribution is 5.97. The molecular weight excluding hydrogens is 441 g/mol. The molecule has 0 unspecified atom stereocenters. The minimum absolute atomic E-state index is 0.315. The van der Waals surface area contributed by atoms with Gasteiger partial charge in [0.2, 0.25) is 0 Å². The molecule has 0 saturated carbocycles. The number of nitrogens with zero attached hydrogens (tertiary/aromatic N) is 4. The van der Waals surface area contributed by atoms with Crippen molar-refractivity contribution in [1.82, 2.24) is 30.1 Å². The molecule has 8 heteroatoms. The number of H-pyrrole nitrogens is 2. The Balaban J connectivity index is 1.45. The van der Waals surface area contributed by atoms with E-state index in [2.05, 4.69) is 56.4 Å². The van der Waals surface area contributed by atoms with Crippen LogP contribution in [-0.4, -0.2) is 36.2 Å². The summed E-state index contributed by atoms with van der Waals surface area (Å²) < 4.78 is 13.8. The summed E-state index contributed by atoms with van der Waals surface area (Å²) in [6, 6.07) is 16.8. The van der Waals surface area contributed by atoms with E-state index in [4.69, 9.17) is 4.98 Å². The van der Waals surface area contributed by atoms with Gasteiger partial charge in [0.25, 0.3) is 0 Å². The fourth-order valence-electron chi connectivity index (χ4n) is 4.28. The van der Waals surface area contributed by atoms with Crippen LogP contribution in [0.5, 0.6) is 0 Å². The second-order valence-electron chi connectivity index (χ2n) is 8.75. The Morgan fingerprint density at radius 2 is 1.80 bits per heavy atom. The van der Waals surface area contributed by atoms with Crippen molar-refractivity contribution in [3.63, 3.8) is 0 Å². The molecule has 2 aromatic carbocycles. The molecule has 4 heterocycles. The van der Waals surface area contributed by atoms with Crippen molar-refractivity contribution in [3.8, 4) is 33.9 Å². The molecule has 0 bridgehead atoms. The van der Waals surface area contributed by atoms with Crippen LogP contribution in [-0.2, 0) is 0 Å². The number of aromatic nitrogens is 6. The molecule has 0 atom stereocenters. The zero-order valence-electron chi connectivity index (χ0n) is 19.2. The second kappa shape index (κ2) is 8.32. The number of pyridine rings is 2. The highest BCUT2D eigenvalue weighted by Gasteiger charge is 2.17. The van der Waals surface area contributed by atoms with E-state index < -0.39 is 0 Å². The van der Waals surface area contributed by atoms with Gasteiger partial charge in [-0.2, -0.15) is 5.10 Å². The summed E-state index contributed by atoms with van der Waals surface area (Å²) in [5.41, 5.74) is 7.36. The molecule has 0 amide bonds. The van der Waals surface area contributed by atoms with Crippen LogP contribution in [0.4, 0.5) is 10.1 Å². The van der Waals surface area contributed by atoms with Gasteiger partial charge in [0.15, 0.2) is 5.82 Å². The first-order chi connectivity index (χ1) is 17.0. The van der Waals surface area contributed by atoms with E-state index in [0.29, 0.717) is 34.3 Å². The molecule has 0 radical (unpaired) electrons. The Morgan fingerprint density at radius 1 is 0.886 bits per heavy atom. The van der Waals surface area contributed by atoms with Crippen LogP contribution >= 0.6 is 0 Å². The fourth-order valence-corrected chi connectivity index (χ4v) is 4.28. The van der Waals surface area contributed by atoms with Crippen LogP contribution in [0.2, 0.25) is 0 Å². The molecule has 3 N–H and O–H groups in total. The Hall–Kier alpha value is -4.59. The van der Waals surface area contributed by atoms with Gasteiger partial charge in [-0.05, 0) is 55.8 Å². The summed E-state index contributed by atoms with van der Waals surface area (Å²) in [7, 11) is 0. The van der Waals surface area contributed by atoms with E-state index >= 15 is 0 Å². The SMILES string of the molecule is CC(C)Nc1cncc(-c2ccc3[nH]nc(-c4nc5c(-c6cccc(F)c6)nccc5[nH]4)c3c2)c1. The van der Waals surface area contributed by atoms with Crippen molar-refractivity contribution in [2.75, 3.05) is 5.32 Å². The molecule has 35 heavy (non-hydrogen) atoms. The predicted octanol–water partition coefficient (Wildman–Crippen LogP) is 6.19. The fraction of sp³-hybridized carbons (Fsp3) is 0.111. The highest BCUT2D eigenvalue weighted by Crippen LogP contribution is 2.32. The number of benzene rings is 2. The van der Waals surface area contributed by atoms with Crippen molar-refractivity contribution in [2.45, 2.75) is 19.9 Å². The Bertz CT molecular complexity index is 1680. The summed E-state index contributed by atoms with van der Waals surface area (Å²) in [5, 5.41) is 12.0. The van der Waals surface area contributed by atoms with E-state index in [1.165, 1.54) is 12.1 Å². The van der Waals surface area contributed by atoms with Crippen molar-refractivity contribution in [3.05, 3.63) is 79.0 Å². The molecule has 0 aliphatic rings. The van der Waals surface area contributed by atoms with Gasteiger partial charge in [-0.1, -0.05) is 18.2 Å². The van der Waals surface area contributed by atoms with E-state index in [0.717, 1.165) is 33.2 Å². The third kappa shape index (κ3) is 3.89. The maximum Gasteiger partial charge on any atom is 0.159 e. The first-order valence-corrected chi connectivity index (χ1v) is 11.4.